The molecule has 1 aliphatic heterocycles. The third-order valence-corrected chi connectivity index (χ3v) is 4.09. The number of para-hydroxylation sites is 1. The van der Waals surface area contributed by atoms with Crippen LogP contribution in [-0.2, 0) is 5.66 Å². The van der Waals surface area contributed by atoms with Crippen LogP contribution in [0.25, 0.3) is 0 Å². The van der Waals surface area contributed by atoms with Crippen molar-refractivity contribution >= 4 is 11.6 Å². The first kappa shape index (κ1) is 12.7. The minimum absolute atomic E-state index is 0.0448. The van der Waals surface area contributed by atoms with E-state index in [1.807, 2.05) is 44.3 Å². The summed E-state index contributed by atoms with van der Waals surface area (Å²) in [4.78, 5) is 14.3. The summed E-state index contributed by atoms with van der Waals surface area (Å²) >= 11 is 0. The molecule has 1 atom stereocenters. The molecule has 0 aliphatic carbocycles. The number of carbonyl (C=O) groups excluding carboxylic acids is 1. The highest BCUT2D eigenvalue weighted by Crippen LogP contribution is 2.36. The van der Waals surface area contributed by atoms with Crippen LogP contribution in [0.4, 0.5) is 5.69 Å². The van der Waals surface area contributed by atoms with Gasteiger partial charge in [-0.1, -0.05) is 42.0 Å². The Morgan fingerprint density at radius 1 is 1.10 bits per heavy atom. The van der Waals surface area contributed by atoms with Crippen LogP contribution < -0.4 is 5.32 Å². The number of hydrogen-bond acceptors (Lipinski definition) is 2. The Morgan fingerprint density at radius 2 is 1.85 bits per heavy atom. The molecule has 0 fully saturated rings. The predicted molar refractivity (Wildman–Crippen MR) is 80.7 cm³/mol. The number of nitrogens with zero attached hydrogens (tertiary/aromatic N) is 1. The molecular weight excluding hydrogens is 248 g/mol. The van der Waals surface area contributed by atoms with E-state index in [9.17, 15) is 4.79 Å². The molecule has 102 valence electrons. The number of fused-ring (bicyclic) bond motifs is 1. The van der Waals surface area contributed by atoms with Gasteiger partial charge in [-0.3, -0.25) is 4.79 Å². The highest BCUT2D eigenvalue weighted by atomic mass is 16.2. The molecule has 3 heteroatoms. The maximum atomic E-state index is 12.6. The minimum atomic E-state index is -0.530. The van der Waals surface area contributed by atoms with Gasteiger partial charge in [0.05, 0.1) is 5.56 Å². The van der Waals surface area contributed by atoms with Crippen LogP contribution in [0.5, 0.6) is 0 Å². The summed E-state index contributed by atoms with van der Waals surface area (Å²) in [7, 11) is 1.84. The molecular formula is C17H18N2O. The molecule has 1 amide bonds. The molecule has 0 bridgehead atoms. The Balaban J connectivity index is 2.14. The van der Waals surface area contributed by atoms with Gasteiger partial charge in [-0.15, -0.1) is 0 Å². The maximum Gasteiger partial charge on any atom is 0.257 e. The van der Waals surface area contributed by atoms with Crippen molar-refractivity contribution in [3.63, 3.8) is 0 Å². The second-order valence-corrected chi connectivity index (χ2v) is 5.48. The number of amides is 1. The van der Waals surface area contributed by atoms with Gasteiger partial charge in [-0.05, 0) is 31.5 Å². The van der Waals surface area contributed by atoms with Crippen LogP contribution in [0.3, 0.4) is 0 Å². The van der Waals surface area contributed by atoms with Crippen molar-refractivity contribution in [2.75, 3.05) is 12.4 Å². The van der Waals surface area contributed by atoms with Gasteiger partial charge < -0.3 is 10.2 Å². The van der Waals surface area contributed by atoms with Crippen LogP contribution in [0.1, 0.15) is 28.4 Å². The lowest BCUT2D eigenvalue weighted by Crippen LogP contribution is -2.53. The summed E-state index contributed by atoms with van der Waals surface area (Å²) in [5.41, 5.74) is 3.35. The normalized spacial score (nSPS) is 21.4. The molecule has 3 nitrogen and oxygen atoms in total. The van der Waals surface area contributed by atoms with E-state index in [4.69, 9.17) is 0 Å². The SMILES string of the molecule is Cc1cccc(C2(C)Nc3ccccc3C(=O)N2C)c1. The van der Waals surface area contributed by atoms with Crippen molar-refractivity contribution in [3.8, 4) is 0 Å². The molecule has 0 aromatic heterocycles. The zero-order chi connectivity index (χ0) is 14.3. The zero-order valence-corrected chi connectivity index (χ0v) is 12.0. The molecule has 1 N–H and O–H groups in total. The number of rotatable bonds is 1. The third-order valence-electron chi connectivity index (χ3n) is 4.09. The van der Waals surface area contributed by atoms with Crippen LogP contribution in [0.2, 0.25) is 0 Å². The first-order valence-corrected chi connectivity index (χ1v) is 6.75. The second kappa shape index (κ2) is 4.37. The van der Waals surface area contributed by atoms with Gasteiger partial charge in [0, 0.05) is 12.7 Å². The summed E-state index contributed by atoms with van der Waals surface area (Å²) < 4.78 is 0. The molecule has 20 heavy (non-hydrogen) atoms. The van der Waals surface area contributed by atoms with Gasteiger partial charge in [0.2, 0.25) is 0 Å². The number of hydrogen-bond donors (Lipinski definition) is 1. The van der Waals surface area contributed by atoms with E-state index >= 15 is 0 Å². The van der Waals surface area contributed by atoms with Gasteiger partial charge in [0.1, 0.15) is 5.66 Å². The molecule has 0 saturated carbocycles. The van der Waals surface area contributed by atoms with Gasteiger partial charge in [0.15, 0.2) is 0 Å². The fourth-order valence-corrected chi connectivity index (χ4v) is 2.72. The predicted octanol–water partition coefficient (Wildman–Crippen LogP) is 3.37. The van der Waals surface area contributed by atoms with E-state index in [-0.39, 0.29) is 5.91 Å². The van der Waals surface area contributed by atoms with Crippen LogP contribution >= 0.6 is 0 Å². The summed E-state index contributed by atoms with van der Waals surface area (Å²) in [6.45, 7) is 4.10. The van der Waals surface area contributed by atoms with Gasteiger partial charge in [-0.2, -0.15) is 0 Å². The van der Waals surface area contributed by atoms with Gasteiger partial charge in [-0.25, -0.2) is 0 Å². The molecule has 1 aliphatic rings. The highest BCUT2D eigenvalue weighted by Gasteiger charge is 2.39. The Labute approximate surface area is 119 Å². The highest BCUT2D eigenvalue weighted by molar-refractivity contribution is 6.02. The van der Waals surface area contributed by atoms with Crippen molar-refractivity contribution < 1.29 is 4.79 Å². The summed E-state index contributed by atoms with van der Waals surface area (Å²) in [6.07, 6.45) is 0. The standard InChI is InChI=1S/C17H18N2O/c1-12-7-6-8-13(11-12)17(2)18-15-10-5-4-9-14(15)16(20)19(17)3/h4-11,18H,1-3H3. The lowest BCUT2D eigenvalue weighted by molar-refractivity contribution is 0.0615. The Hall–Kier alpha value is -2.29. The van der Waals surface area contributed by atoms with E-state index in [0.29, 0.717) is 0 Å². The number of aryl methyl sites for hydroxylation is 1. The van der Waals surface area contributed by atoms with Gasteiger partial charge in [0.25, 0.3) is 5.91 Å². The summed E-state index contributed by atoms with van der Waals surface area (Å²) in [6, 6.07) is 15.9. The van der Waals surface area contributed by atoms with Crippen molar-refractivity contribution in [2.45, 2.75) is 19.5 Å². The second-order valence-electron chi connectivity index (χ2n) is 5.48. The topological polar surface area (TPSA) is 32.3 Å². The molecule has 2 aromatic carbocycles. The first-order valence-electron chi connectivity index (χ1n) is 6.75. The fourth-order valence-electron chi connectivity index (χ4n) is 2.72. The largest absolute Gasteiger partial charge is 0.358 e. The fraction of sp³-hybridized carbons (Fsp3) is 0.235. The van der Waals surface area contributed by atoms with E-state index in [0.717, 1.165) is 16.8 Å². The lowest BCUT2D eigenvalue weighted by Gasteiger charge is -2.44. The minimum Gasteiger partial charge on any atom is -0.358 e. The number of nitrogens with one attached hydrogen (secondary N) is 1. The van der Waals surface area contributed by atoms with Crippen LogP contribution in [0, 0.1) is 6.92 Å². The smallest absolute Gasteiger partial charge is 0.257 e. The zero-order valence-electron chi connectivity index (χ0n) is 12.0. The van der Waals surface area contributed by atoms with Crippen molar-refractivity contribution in [3.05, 3.63) is 65.2 Å². The molecule has 3 rings (SSSR count). The first-order chi connectivity index (χ1) is 9.52. The van der Waals surface area contributed by atoms with E-state index in [1.54, 1.807) is 4.90 Å². The molecule has 0 radical (unpaired) electrons. The monoisotopic (exact) mass is 266 g/mol. The Bertz CT molecular complexity index is 680. The Kier molecular flexibility index (Phi) is 2.78. The maximum absolute atomic E-state index is 12.6. The lowest BCUT2D eigenvalue weighted by atomic mass is 9.93. The number of benzene rings is 2. The van der Waals surface area contributed by atoms with E-state index in [1.165, 1.54) is 5.56 Å². The van der Waals surface area contributed by atoms with Crippen LogP contribution in [-0.4, -0.2) is 17.9 Å². The number of anilines is 1. The average molecular weight is 266 g/mol. The van der Waals surface area contributed by atoms with E-state index < -0.39 is 5.66 Å². The summed E-state index contributed by atoms with van der Waals surface area (Å²) in [5, 5.41) is 3.50. The number of carbonyl (C=O) groups is 1. The van der Waals surface area contributed by atoms with E-state index in [2.05, 4.69) is 30.4 Å². The third kappa shape index (κ3) is 1.78. The van der Waals surface area contributed by atoms with Crippen molar-refractivity contribution in [1.29, 1.82) is 0 Å². The average Bonchev–Trinajstić information content (AvgIpc) is 2.45. The van der Waals surface area contributed by atoms with Crippen molar-refractivity contribution in [1.82, 2.24) is 4.90 Å². The molecule has 1 unspecified atom stereocenters. The molecule has 0 spiro atoms. The quantitative estimate of drug-likeness (QED) is 0.858. The molecule has 0 saturated heterocycles. The molecule has 1 heterocycles. The summed E-state index contributed by atoms with van der Waals surface area (Å²) in [5.74, 6) is 0.0448. The van der Waals surface area contributed by atoms with Gasteiger partial charge >= 0.3 is 0 Å². The van der Waals surface area contributed by atoms with Crippen molar-refractivity contribution in [2.24, 2.45) is 0 Å². The van der Waals surface area contributed by atoms with Crippen LogP contribution in [0.15, 0.2) is 48.5 Å². The Morgan fingerprint density at radius 3 is 2.60 bits per heavy atom. The molecule has 2 aromatic rings.